The van der Waals surface area contributed by atoms with Crippen LogP contribution >= 0.6 is 11.3 Å². The molecule has 6 nitrogen and oxygen atoms in total. The van der Waals surface area contributed by atoms with E-state index >= 15 is 0 Å². The molecule has 0 amide bonds. The van der Waals surface area contributed by atoms with E-state index in [0.717, 1.165) is 56.7 Å². The summed E-state index contributed by atoms with van der Waals surface area (Å²) in [6, 6.07) is 14.2. The summed E-state index contributed by atoms with van der Waals surface area (Å²) in [5, 5.41) is 13.7. The van der Waals surface area contributed by atoms with Crippen LogP contribution in [0.3, 0.4) is 0 Å². The molecule has 0 aliphatic carbocycles. The molecule has 0 fully saturated rings. The first-order valence-electron chi connectivity index (χ1n) is 9.36. The van der Waals surface area contributed by atoms with Crippen molar-refractivity contribution in [1.82, 2.24) is 20.2 Å². The molecule has 2 aromatic carbocycles. The molecule has 4 heterocycles. The Morgan fingerprint density at radius 3 is 3.03 bits per heavy atom. The van der Waals surface area contributed by atoms with Gasteiger partial charge in [-0.3, -0.25) is 5.10 Å². The van der Waals surface area contributed by atoms with Crippen molar-refractivity contribution in [2.75, 3.05) is 16.8 Å². The van der Waals surface area contributed by atoms with E-state index in [4.69, 9.17) is 17.8 Å². The summed E-state index contributed by atoms with van der Waals surface area (Å²) in [7, 11) is 5.95. The summed E-state index contributed by atoms with van der Waals surface area (Å²) < 4.78 is 1.04. The standard InChI is InChI=1S/C21H15BN6S/c22-14-1-4-18-12(9-14)5-7-28(18)21-25-17-6-8-29-19(17)20(26-21)24-15-2-3-16-13(10-15)11-23-27-16/h1-4,6,8-11H,5,7H2,(H,23,27)(H,24,25,26). The number of anilines is 4. The topological polar surface area (TPSA) is 69.7 Å². The molecule has 3 aromatic heterocycles. The van der Waals surface area contributed by atoms with Crippen LogP contribution in [-0.4, -0.2) is 34.6 Å². The van der Waals surface area contributed by atoms with Gasteiger partial charge in [-0.1, -0.05) is 17.6 Å². The van der Waals surface area contributed by atoms with E-state index in [1.807, 2.05) is 41.9 Å². The fourth-order valence-corrected chi connectivity index (χ4v) is 4.62. The molecular weight excluding hydrogens is 379 g/mol. The van der Waals surface area contributed by atoms with Gasteiger partial charge in [-0.2, -0.15) is 10.1 Å². The average molecular weight is 394 g/mol. The first kappa shape index (κ1) is 16.6. The van der Waals surface area contributed by atoms with Crippen molar-refractivity contribution in [3.63, 3.8) is 0 Å². The van der Waals surface area contributed by atoms with Gasteiger partial charge < -0.3 is 10.2 Å². The third-order valence-electron chi connectivity index (χ3n) is 5.24. The third-order valence-corrected chi connectivity index (χ3v) is 6.15. The van der Waals surface area contributed by atoms with Crippen LogP contribution in [0.15, 0.2) is 54.0 Å². The molecule has 2 radical (unpaired) electrons. The molecule has 0 unspecified atom stereocenters. The highest BCUT2D eigenvalue weighted by Crippen LogP contribution is 2.36. The second-order valence-electron chi connectivity index (χ2n) is 7.09. The first-order valence-corrected chi connectivity index (χ1v) is 10.2. The van der Waals surface area contributed by atoms with Gasteiger partial charge >= 0.3 is 0 Å². The largest absolute Gasteiger partial charge is 0.339 e. The number of benzene rings is 2. The molecule has 0 saturated heterocycles. The Balaban J connectivity index is 1.44. The molecule has 2 N–H and O–H groups in total. The van der Waals surface area contributed by atoms with Gasteiger partial charge in [-0.05, 0) is 47.7 Å². The SMILES string of the molecule is [B]c1ccc2c(c1)CCN2c1nc(Nc2ccc3[nH]ncc3c2)c2sccc2n1. The predicted octanol–water partition coefficient (Wildman–Crippen LogP) is 3.80. The van der Waals surface area contributed by atoms with Crippen LogP contribution in [0.25, 0.3) is 21.1 Å². The molecule has 0 saturated carbocycles. The highest BCUT2D eigenvalue weighted by Gasteiger charge is 2.24. The number of rotatable bonds is 3. The quantitative estimate of drug-likeness (QED) is 0.456. The van der Waals surface area contributed by atoms with Gasteiger partial charge in [0.2, 0.25) is 5.95 Å². The second-order valence-corrected chi connectivity index (χ2v) is 8.01. The van der Waals surface area contributed by atoms with Gasteiger partial charge in [0.05, 0.1) is 21.9 Å². The molecule has 0 spiro atoms. The van der Waals surface area contributed by atoms with Crippen LogP contribution < -0.4 is 15.7 Å². The van der Waals surface area contributed by atoms with Gasteiger partial charge in [0.25, 0.3) is 0 Å². The van der Waals surface area contributed by atoms with E-state index in [1.165, 1.54) is 5.56 Å². The second kappa shape index (κ2) is 6.32. The zero-order valence-corrected chi connectivity index (χ0v) is 16.2. The number of aromatic amines is 1. The Morgan fingerprint density at radius 2 is 2.07 bits per heavy atom. The normalized spacial score (nSPS) is 13.3. The number of aromatic nitrogens is 4. The van der Waals surface area contributed by atoms with Gasteiger partial charge in [0.15, 0.2) is 5.82 Å². The van der Waals surface area contributed by atoms with Crippen molar-refractivity contribution >= 4 is 68.9 Å². The molecule has 29 heavy (non-hydrogen) atoms. The van der Waals surface area contributed by atoms with Crippen molar-refractivity contribution in [3.8, 4) is 0 Å². The van der Waals surface area contributed by atoms with E-state index in [-0.39, 0.29) is 0 Å². The van der Waals surface area contributed by atoms with Crippen LogP contribution in [0.5, 0.6) is 0 Å². The number of hydrogen-bond donors (Lipinski definition) is 2. The minimum absolute atomic E-state index is 0.700. The van der Waals surface area contributed by atoms with Gasteiger partial charge in [-0.15, -0.1) is 11.3 Å². The highest BCUT2D eigenvalue weighted by molar-refractivity contribution is 7.17. The molecule has 8 heteroatoms. The Kier molecular flexibility index (Phi) is 3.61. The lowest BCUT2D eigenvalue weighted by Gasteiger charge is -2.19. The summed E-state index contributed by atoms with van der Waals surface area (Å²) in [4.78, 5) is 11.9. The number of fused-ring (bicyclic) bond motifs is 3. The number of nitrogens with one attached hydrogen (secondary N) is 2. The summed E-state index contributed by atoms with van der Waals surface area (Å²) in [6.07, 6.45) is 2.75. The number of thiophene rings is 1. The van der Waals surface area contributed by atoms with Crippen molar-refractivity contribution < 1.29 is 0 Å². The maximum Gasteiger partial charge on any atom is 0.232 e. The number of H-pyrrole nitrogens is 1. The lowest BCUT2D eigenvalue weighted by atomic mass is 9.94. The molecule has 6 rings (SSSR count). The molecule has 0 bridgehead atoms. The minimum atomic E-state index is 0.700. The molecule has 1 aliphatic rings. The smallest absolute Gasteiger partial charge is 0.232 e. The van der Waals surface area contributed by atoms with E-state index in [1.54, 1.807) is 11.3 Å². The summed E-state index contributed by atoms with van der Waals surface area (Å²) in [5.74, 6) is 1.51. The van der Waals surface area contributed by atoms with E-state index < -0.39 is 0 Å². The maximum absolute atomic E-state index is 5.95. The Bertz CT molecular complexity index is 1370. The van der Waals surface area contributed by atoms with Gasteiger partial charge in [-0.25, -0.2) is 4.98 Å². The fraction of sp³-hybridized carbons (Fsp3) is 0.0952. The summed E-state index contributed by atoms with van der Waals surface area (Å²) in [5.41, 5.74) is 6.06. The molecule has 0 atom stereocenters. The van der Waals surface area contributed by atoms with E-state index in [0.29, 0.717) is 5.95 Å². The van der Waals surface area contributed by atoms with Crippen LogP contribution in [0.4, 0.5) is 23.1 Å². The number of nitrogens with zero attached hydrogens (tertiary/aromatic N) is 4. The summed E-state index contributed by atoms with van der Waals surface area (Å²) in [6.45, 7) is 0.842. The highest BCUT2D eigenvalue weighted by atomic mass is 32.1. The monoisotopic (exact) mass is 394 g/mol. The molecule has 5 aromatic rings. The number of hydrogen-bond acceptors (Lipinski definition) is 6. The molecular formula is C21H15BN6S. The van der Waals surface area contributed by atoms with Gasteiger partial charge in [0, 0.05) is 23.3 Å². The van der Waals surface area contributed by atoms with Crippen LogP contribution in [0, 0.1) is 0 Å². The van der Waals surface area contributed by atoms with Crippen LogP contribution in [-0.2, 0) is 6.42 Å². The van der Waals surface area contributed by atoms with E-state index in [9.17, 15) is 0 Å². The predicted molar refractivity (Wildman–Crippen MR) is 119 cm³/mol. The molecule has 138 valence electrons. The maximum atomic E-state index is 5.95. The zero-order chi connectivity index (χ0) is 19.4. The van der Waals surface area contributed by atoms with Crippen molar-refractivity contribution in [2.24, 2.45) is 0 Å². The van der Waals surface area contributed by atoms with Crippen molar-refractivity contribution in [1.29, 1.82) is 0 Å². The lowest BCUT2D eigenvalue weighted by Crippen LogP contribution is -2.17. The molecule has 1 aliphatic heterocycles. The lowest BCUT2D eigenvalue weighted by molar-refractivity contribution is 0.950. The Hall–Kier alpha value is -3.39. The Morgan fingerprint density at radius 1 is 1.10 bits per heavy atom. The third kappa shape index (κ3) is 2.75. The fourth-order valence-electron chi connectivity index (χ4n) is 3.84. The average Bonchev–Trinajstić information content (AvgIpc) is 3.46. The minimum Gasteiger partial charge on any atom is -0.339 e. The van der Waals surface area contributed by atoms with Crippen molar-refractivity contribution in [2.45, 2.75) is 6.42 Å². The van der Waals surface area contributed by atoms with Crippen LogP contribution in [0.2, 0.25) is 0 Å². The summed E-state index contributed by atoms with van der Waals surface area (Å²) >= 11 is 1.64. The van der Waals surface area contributed by atoms with Gasteiger partial charge in [0.1, 0.15) is 7.85 Å². The van der Waals surface area contributed by atoms with E-state index in [2.05, 4.69) is 32.5 Å². The zero-order valence-electron chi connectivity index (χ0n) is 15.4. The first-order chi connectivity index (χ1) is 14.2. The Labute approximate surface area is 172 Å². The van der Waals surface area contributed by atoms with Crippen LogP contribution in [0.1, 0.15) is 5.56 Å². The van der Waals surface area contributed by atoms with Crippen molar-refractivity contribution in [3.05, 3.63) is 59.6 Å².